The number of hydrogen-bond donors (Lipinski definition) is 5. The number of aliphatic imine (C=N–C) groups is 2. The van der Waals surface area contributed by atoms with Crippen LogP contribution in [0, 0.1) is 52.9 Å². The number of aliphatic hydroxyl groups excluding tert-OH is 1. The van der Waals surface area contributed by atoms with Crippen molar-refractivity contribution in [1.29, 1.82) is 0 Å². The van der Waals surface area contributed by atoms with Crippen molar-refractivity contribution in [3.05, 3.63) is 149 Å². The Kier molecular flexibility index (Phi) is 16.0. The number of aromatic nitrogens is 4. The second-order valence-electron chi connectivity index (χ2n) is 21.6. The van der Waals surface area contributed by atoms with Crippen LogP contribution in [0.1, 0.15) is 99.9 Å². The monoisotopic (exact) mass is 1350 g/mol. The van der Waals surface area contributed by atoms with Crippen molar-refractivity contribution in [2.75, 3.05) is 0 Å². The third-order valence-electron chi connectivity index (χ3n) is 15.6. The molecule has 7 N–H and O–H groups in total. The minimum absolute atomic E-state index is 0.0428. The minimum atomic E-state index is -0.909. The van der Waals surface area contributed by atoms with Crippen LogP contribution >= 0.6 is 63.7 Å². The summed E-state index contributed by atoms with van der Waals surface area (Å²) < 4.78 is 68.8. The molecule has 418 valence electrons. The fourth-order valence-electron chi connectivity index (χ4n) is 10.5. The van der Waals surface area contributed by atoms with Crippen molar-refractivity contribution in [1.82, 2.24) is 30.7 Å². The van der Waals surface area contributed by atoms with Gasteiger partial charge < -0.3 is 30.9 Å². The minimum Gasteiger partial charge on any atom is -0.462 e. The van der Waals surface area contributed by atoms with Gasteiger partial charge in [-0.3, -0.25) is 14.9 Å². The van der Waals surface area contributed by atoms with Crippen molar-refractivity contribution < 1.29 is 46.6 Å². The predicted octanol–water partition coefficient (Wildman–Crippen LogP) is 9.78. The number of hydroxylamine groups is 1. The maximum atomic E-state index is 14.4. The average Bonchev–Trinajstić information content (AvgIpc) is 4.32. The van der Waals surface area contributed by atoms with Gasteiger partial charge in [-0.1, -0.05) is 23.4 Å². The largest absolute Gasteiger partial charge is 0.462 e. The van der Waals surface area contributed by atoms with Crippen LogP contribution in [0.4, 0.5) is 17.6 Å². The van der Waals surface area contributed by atoms with E-state index in [9.17, 15) is 27.5 Å². The zero-order valence-corrected chi connectivity index (χ0v) is 49.5. The van der Waals surface area contributed by atoms with Crippen LogP contribution in [-0.2, 0) is 41.3 Å². The lowest BCUT2D eigenvalue weighted by Gasteiger charge is -2.30. The molecular formula is C54H55Br4F4N11O6. The summed E-state index contributed by atoms with van der Waals surface area (Å²) in [6, 6.07) is 20.8. The van der Waals surface area contributed by atoms with E-state index in [1.807, 2.05) is 33.8 Å². The average molecular weight is 1350 g/mol. The predicted molar refractivity (Wildman–Crippen MR) is 296 cm³/mol. The number of nitrogens with two attached hydrogens (primary N) is 2. The molecule has 14 rings (SSSR count). The van der Waals surface area contributed by atoms with Gasteiger partial charge in [-0.05, 0) is 191 Å². The molecule has 1 saturated heterocycles. The number of halogens is 8. The van der Waals surface area contributed by atoms with Gasteiger partial charge in [-0.15, -0.1) is 0 Å². The molecule has 8 heterocycles. The molecule has 17 nitrogen and oxygen atoms in total. The lowest BCUT2D eigenvalue weighted by molar-refractivity contribution is 0.0199. The Morgan fingerprint density at radius 1 is 0.684 bits per heavy atom. The maximum absolute atomic E-state index is 14.4. The number of carbonyl (C=O) groups excluding carboxylic acids is 1. The number of nitrogens with one attached hydrogen (secondary N) is 2. The molecule has 5 aromatic rings. The van der Waals surface area contributed by atoms with E-state index in [0.29, 0.717) is 59.7 Å². The second kappa shape index (κ2) is 22.0. The van der Waals surface area contributed by atoms with Crippen LogP contribution in [0.3, 0.4) is 0 Å². The summed E-state index contributed by atoms with van der Waals surface area (Å²) in [6.45, 7) is 9.34. The molecule has 25 heteroatoms. The van der Waals surface area contributed by atoms with Crippen LogP contribution in [0.25, 0.3) is 0 Å². The van der Waals surface area contributed by atoms with Crippen LogP contribution in [0.5, 0.6) is 0 Å². The molecule has 1 aromatic carbocycles. The number of benzene rings is 1. The number of amides is 1. The summed E-state index contributed by atoms with van der Waals surface area (Å²) in [6.07, 6.45) is 4.65. The van der Waals surface area contributed by atoms with Crippen molar-refractivity contribution >= 4 is 87.4 Å². The van der Waals surface area contributed by atoms with Gasteiger partial charge in [-0.2, -0.15) is 5.48 Å². The number of carbonyl (C=O) groups is 1. The summed E-state index contributed by atoms with van der Waals surface area (Å²) in [5, 5.41) is 15.8. The van der Waals surface area contributed by atoms with Crippen molar-refractivity contribution in [2.24, 2.45) is 56.2 Å². The van der Waals surface area contributed by atoms with Crippen LogP contribution in [0.15, 0.2) is 112 Å². The van der Waals surface area contributed by atoms with E-state index in [1.165, 1.54) is 42.5 Å². The van der Waals surface area contributed by atoms with E-state index in [4.69, 9.17) is 30.6 Å². The number of rotatable bonds is 6. The first kappa shape index (κ1) is 57.2. The summed E-state index contributed by atoms with van der Waals surface area (Å²) in [5.74, 6) is -0.666. The molecule has 5 aliphatic carbocycles. The Labute approximate surface area is 486 Å². The van der Waals surface area contributed by atoms with Crippen LogP contribution in [0.2, 0.25) is 0 Å². The Morgan fingerprint density at radius 3 is 1.67 bits per heavy atom. The molecule has 9 aliphatic rings. The molecule has 14 atom stereocenters. The molecule has 1 amide bonds. The van der Waals surface area contributed by atoms with E-state index in [1.54, 1.807) is 49.4 Å². The van der Waals surface area contributed by atoms with Crippen molar-refractivity contribution in [2.45, 2.75) is 119 Å². The quantitative estimate of drug-likeness (QED) is 0.0787. The number of fused-ring (bicyclic) bond motifs is 4. The summed E-state index contributed by atoms with van der Waals surface area (Å²) in [7, 11) is 0. The number of nitrogens with zero attached hydrogens (tertiary/aromatic N) is 7. The van der Waals surface area contributed by atoms with E-state index in [0.717, 1.165) is 19.3 Å². The number of ether oxygens (including phenoxy) is 2. The lowest BCUT2D eigenvalue weighted by atomic mass is 9.90. The molecule has 79 heavy (non-hydrogen) atoms. The highest BCUT2D eigenvalue weighted by molar-refractivity contribution is 9.11. The molecule has 4 aromatic heterocycles. The number of oxime groups is 1. The van der Waals surface area contributed by atoms with Gasteiger partial charge in [0.25, 0.3) is 18.0 Å². The number of hydrogen-bond acceptors (Lipinski definition) is 16. The summed E-state index contributed by atoms with van der Waals surface area (Å²) in [5.41, 5.74) is 14.4. The van der Waals surface area contributed by atoms with Gasteiger partial charge in [0.1, 0.15) is 82.5 Å². The first-order valence-electron chi connectivity index (χ1n) is 25.4. The maximum Gasteiger partial charge on any atom is 0.292 e. The molecule has 0 spiro atoms. The summed E-state index contributed by atoms with van der Waals surface area (Å²) in [4.78, 5) is 48.1. The first-order valence-corrected chi connectivity index (χ1v) is 28.6. The highest BCUT2D eigenvalue weighted by Gasteiger charge is 2.61. The van der Waals surface area contributed by atoms with Gasteiger partial charge >= 0.3 is 0 Å². The van der Waals surface area contributed by atoms with Crippen LogP contribution in [-0.4, -0.2) is 79.2 Å². The first-order chi connectivity index (χ1) is 37.4. The van der Waals surface area contributed by atoms with Gasteiger partial charge in [0.15, 0.2) is 0 Å². The molecule has 6 unspecified atom stereocenters. The van der Waals surface area contributed by atoms with E-state index in [2.05, 4.69) is 110 Å². The standard InChI is InChI=1S/C18H15BrFN3O2.C11H11BrFN3O.C10H10BrFN2O.C10H12BrFN2O.C5H7NO/c1-18(15-12(20)7-8-14(19)21-15)11-9-13(11)25-17(23-18)22-16(24)10-5-3-2-4-6-10;1-11(5-4-7(5)17-10(14)16-11)9-6(13)2-3-8(12)15-9;1-10(5-4-7(5)15-14-10)9-6(12)2-3-8(11)13-9;1-10(13,5-4-7(5)15)9-6(12)2-3-8(11)14-9;1-3-4-2-5(4)7-6-3/h2-8,11,13H,9H2,1H3,(H,22,23,24);2-3,5,7H,4H2,1H3,(H2,14,16);2-3,5,7,14H,4H2,1H3;2-3,5,7,15H,4,13H2,1H3;4-5H,2H2,1H3/t11-,13?,18-;5-,7?,11-;2*5-,7?,10-;/m1111./s1. The lowest BCUT2D eigenvalue weighted by Crippen LogP contribution is -2.41. The Bertz CT molecular complexity index is 3280. The fraction of sp³-hybridized carbons (Fsp3) is 0.444. The molecule has 5 saturated carbocycles. The summed E-state index contributed by atoms with van der Waals surface area (Å²) >= 11 is 13.0. The van der Waals surface area contributed by atoms with Gasteiger partial charge in [0.2, 0.25) is 0 Å². The highest BCUT2D eigenvalue weighted by atomic mass is 79.9. The Hall–Kier alpha value is -5.02. The number of aliphatic hydroxyl groups is 1. The Balaban J connectivity index is 0.000000116. The van der Waals surface area contributed by atoms with E-state index < -0.39 is 39.9 Å². The molecule has 0 bridgehead atoms. The Morgan fingerprint density at radius 2 is 1.19 bits per heavy atom. The molecule has 4 aliphatic heterocycles. The fourth-order valence-corrected chi connectivity index (χ4v) is 11.7. The SMILES string of the molecule is CC1=NOC2CC12.C[C@@]1(c2nc(Br)ccc2F)N=C(N)OC2C[C@H]21.C[C@@]1(c2nc(Br)ccc2F)N=C(NC(=O)c2ccccc2)OC2C[C@H]21.C[C@@]1(c2nc(Br)ccc2F)NOC2C[C@H]21.C[C@](N)(c1nc(Br)ccc1F)[C@@H]1CC1O. The molecule has 6 fully saturated rings. The number of amidine groups is 2. The second-order valence-corrected chi connectivity index (χ2v) is 24.8. The van der Waals surface area contributed by atoms with Gasteiger partial charge in [0, 0.05) is 35.2 Å². The molecular weight excluding hydrogens is 1290 g/mol. The molecule has 0 radical (unpaired) electrons. The van der Waals surface area contributed by atoms with E-state index >= 15 is 0 Å². The normalized spacial score (nSPS) is 32.5. The van der Waals surface area contributed by atoms with Crippen LogP contribution < -0.4 is 22.3 Å². The zero-order valence-electron chi connectivity index (χ0n) is 43.1. The third-order valence-corrected chi connectivity index (χ3v) is 17.4. The highest BCUT2D eigenvalue weighted by Crippen LogP contribution is 2.55. The number of pyridine rings is 4. The van der Waals surface area contributed by atoms with Gasteiger partial charge in [-0.25, -0.2) is 47.5 Å². The van der Waals surface area contributed by atoms with Crippen molar-refractivity contribution in [3.8, 4) is 0 Å². The topological polar surface area (TPSA) is 239 Å². The van der Waals surface area contributed by atoms with Gasteiger partial charge in [0.05, 0.1) is 40.4 Å². The zero-order chi connectivity index (χ0) is 56.5. The van der Waals surface area contributed by atoms with Crippen molar-refractivity contribution in [3.63, 3.8) is 0 Å². The van der Waals surface area contributed by atoms with E-state index in [-0.39, 0.29) is 77.0 Å². The smallest absolute Gasteiger partial charge is 0.292 e. The third kappa shape index (κ3) is 12.1.